The summed E-state index contributed by atoms with van der Waals surface area (Å²) in [4.78, 5) is 3.73. The summed E-state index contributed by atoms with van der Waals surface area (Å²) in [6.07, 6.45) is 0. The first-order valence-electron chi connectivity index (χ1n) is 10.7. The van der Waals surface area contributed by atoms with E-state index in [0.717, 1.165) is 37.6 Å². The fraction of sp³-hybridized carbons (Fsp3) is 0.308. The number of nitrogen functional groups attached to an aromatic ring is 1. The van der Waals surface area contributed by atoms with Crippen LogP contribution in [0, 0.1) is 0 Å². The summed E-state index contributed by atoms with van der Waals surface area (Å²) in [5, 5.41) is 20.5. The van der Waals surface area contributed by atoms with Crippen molar-refractivity contribution in [3.05, 3.63) is 65.7 Å². The second-order valence-electron chi connectivity index (χ2n) is 10.2. The van der Waals surface area contributed by atoms with E-state index in [1.807, 2.05) is 48.5 Å². The Hall–Kier alpha value is -2.99. The molecule has 0 atom stereocenters. The lowest BCUT2D eigenvalue weighted by Gasteiger charge is -2.27. The number of fused-ring (bicyclic) bond motifs is 1. The number of phenols is 1. The molecule has 0 saturated carbocycles. The number of aromatic hydroxyl groups is 1. The highest BCUT2D eigenvalue weighted by Gasteiger charge is 2.26. The third-order valence-corrected chi connectivity index (χ3v) is 6.44. The predicted octanol–water partition coefficient (Wildman–Crippen LogP) is 6.45. The van der Waals surface area contributed by atoms with E-state index in [0.29, 0.717) is 5.69 Å². The van der Waals surface area contributed by atoms with Crippen molar-refractivity contribution < 1.29 is 5.11 Å². The molecule has 0 amide bonds. The zero-order valence-electron chi connectivity index (χ0n) is 19.5. The molecule has 6 heteroatoms. The lowest BCUT2D eigenvalue weighted by Crippen LogP contribution is -2.18. The minimum Gasteiger partial charge on any atom is -0.505 e. The van der Waals surface area contributed by atoms with Gasteiger partial charge in [-0.2, -0.15) is 0 Å². The molecule has 3 N–H and O–H groups in total. The molecular formula is C26H30N4OS. The second kappa shape index (κ2) is 7.85. The lowest BCUT2D eigenvalue weighted by atomic mass is 9.80. The van der Waals surface area contributed by atoms with E-state index in [-0.39, 0.29) is 16.6 Å². The topological polar surface area (TPSA) is 77.0 Å². The minimum absolute atomic E-state index is 0.0715. The van der Waals surface area contributed by atoms with Gasteiger partial charge in [0.15, 0.2) is 0 Å². The molecule has 0 aliphatic rings. The SMILES string of the molecule is CC(C)(C)c1cc(-n2nc3ccc(Sc4ccc(N)cc4)cc3n2)c(O)c(C(C)(C)C)c1. The van der Waals surface area contributed by atoms with Crippen LogP contribution in [0.2, 0.25) is 0 Å². The Labute approximate surface area is 193 Å². The molecule has 5 nitrogen and oxygen atoms in total. The van der Waals surface area contributed by atoms with E-state index in [2.05, 4.69) is 52.7 Å². The molecule has 0 aliphatic heterocycles. The van der Waals surface area contributed by atoms with Gasteiger partial charge in [0, 0.05) is 21.0 Å². The molecule has 0 unspecified atom stereocenters. The van der Waals surface area contributed by atoms with Gasteiger partial charge in [0.25, 0.3) is 0 Å². The monoisotopic (exact) mass is 446 g/mol. The molecule has 0 saturated heterocycles. The van der Waals surface area contributed by atoms with Gasteiger partial charge in [0.05, 0.1) is 0 Å². The van der Waals surface area contributed by atoms with Crippen molar-refractivity contribution in [3.8, 4) is 11.4 Å². The van der Waals surface area contributed by atoms with Crippen molar-refractivity contribution in [3.63, 3.8) is 0 Å². The molecule has 4 rings (SSSR count). The van der Waals surface area contributed by atoms with Gasteiger partial charge < -0.3 is 10.8 Å². The number of nitrogens with two attached hydrogens (primary N) is 1. The Balaban J connectivity index is 1.78. The van der Waals surface area contributed by atoms with Crippen LogP contribution in [0.15, 0.2) is 64.4 Å². The molecule has 0 bridgehead atoms. The standard InChI is InChI=1S/C26H30N4OS/c1-25(2,3)16-13-20(26(4,5)6)24(31)23(14-16)30-28-21-12-11-19(15-22(21)29-30)32-18-9-7-17(27)8-10-18/h7-15,31H,27H2,1-6H3. The minimum atomic E-state index is -0.213. The van der Waals surface area contributed by atoms with E-state index in [1.165, 1.54) is 0 Å². The summed E-state index contributed by atoms with van der Waals surface area (Å²) >= 11 is 1.65. The molecule has 4 aromatic rings. The van der Waals surface area contributed by atoms with Gasteiger partial charge in [-0.15, -0.1) is 15.0 Å². The van der Waals surface area contributed by atoms with E-state index >= 15 is 0 Å². The average molecular weight is 447 g/mol. The van der Waals surface area contributed by atoms with E-state index in [1.54, 1.807) is 16.6 Å². The quantitative estimate of drug-likeness (QED) is 0.353. The Morgan fingerprint density at radius 2 is 1.41 bits per heavy atom. The predicted molar refractivity (Wildman–Crippen MR) is 133 cm³/mol. The number of rotatable bonds is 3. The van der Waals surface area contributed by atoms with Crippen LogP contribution >= 0.6 is 11.8 Å². The summed E-state index contributed by atoms with van der Waals surface area (Å²) in [6, 6.07) is 17.9. The fourth-order valence-corrected chi connectivity index (χ4v) is 4.36. The summed E-state index contributed by atoms with van der Waals surface area (Å²) in [5.41, 5.74) is 10.4. The van der Waals surface area contributed by atoms with Crippen molar-refractivity contribution >= 4 is 28.5 Å². The van der Waals surface area contributed by atoms with Crippen molar-refractivity contribution in [2.75, 3.05) is 5.73 Å². The van der Waals surface area contributed by atoms with Gasteiger partial charge in [0.1, 0.15) is 22.5 Å². The van der Waals surface area contributed by atoms with Crippen LogP contribution in [0.1, 0.15) is 52.7 Å². The van der Waals surface area contributed by atoms with Crippen LogP contribution in [0.5, 0.6) is 5.75 Å². The molecule has 0 radical (unpaired) electrons. The summed E-state index contributed by atoms with van der Waals surface area (Å²) in [6.45, 7) is 12.8. The first kappa shape index (κ1) is 22.2. The summed E-state index contributed by atoms with van der Waals surface area (Å²) in [7, 11) is 0. The van der Waals surface area contributed by atoms with Crippen LogP contribution in [0.25, 0.3) is 16.7 Å². The van der Waals surface area contributed by atoms with Gasteiger partial charge in [-0.05, 0) is 64.9 Å². The van der Waals surface area contributed by atoms with E-state index in [9.17, 15) is 5.11 Å². The van der Waals surface area contributed by atoms with Crippen LogP contribution < -0.4 is 5.73 Å². The molecule has 0 spiro atoms. The number of nitrogens with zero attached hydrogens (tertiary/aromatic N) is 3. The molecule has 32 heavy (non-hydrogen) atoms. The summed E-state index contributed by atoms with van der Waals surface area (Å²) in [5.74, 6) is 0.224. The summed E-state index contributed by atoms with van der Waals surface area (Å²) < 4.78 is 0. The number of phenolic OH excluding ortho intramolecular Hbond substituents is 1. The normalized spacial score (nSPS) is 12.4. The molecule has 1 heterocycles. The van der Waals surface area contributed by atoms with Crippen molar-refractivity contribution in [2.45, 2.75) is 62.2 Å². The van der Waals surface area contributed by atoms with Crippen molar-refractivity contribution in [1.29, 1.82) is 0 Å². The first-order chi connectivity index (χ1) is 14.9. The molecule has 1 aromatic heterocycles. The van der Waals surface area contributed by atoms with Gasteiger partial charge in [0.2, 0.25) is 0 Å². The number of hydrogen-bond donors (Lipinski definition) is 2. The van der Waals surface area contributed by atoms with Crippen molar-refractivity contribution in [2.24, 2.45) is 0 Å². The number of anilines is 1. The zero-order chi connectivity index (χ0) is 23.3. The maximum Gasteiger partial charge on any atom is 0.146 e. The van der Waals surface area contributed by atoms with Gasteiger partial charge in [-0.1, -0.05) is 59.4 Å². The Bertz CT molecular complexity index is 1280. The maximum atomic E-state index is 11.1. The largest absolute Gasteiger partial charge is 0.505 e. The maximum absolute atomic E-state index is 11.1. The number of hydrogen-bond acceptors (Lipinski definition) is 5. The number of benzene rings is 3. The highest BCUT2D eigenvalue weighted by Crippen LogP contribution is 2.39. The Morgan fingerprint density at radius 3 is 2.03 bits per heavy atom. The van der Waals surface area contributed by atoms with Crippen LogP contribution in [0.4, 0.5) is 5.69 Å². The average Bonchev–Trinajstić information content (AvgIpc) is 3.11. The van der Waals surface area contributed by atoms with Crippen LogP contribution in [-0.2, 0) is 10.8 Å². The molecule has 166 valence electrons. The third kappa shape index (κ3) is 4.46. The van der Waals surface area contributed by atoms with Crippen LogP contribution in [0.3, 0.4) is 0 Å². The van der Waals surface area contributed by atoms with Gasteiger partial charge >= 0.3 is 0 Å². The van der Waals surface area contributed by atoms with Crippen molar-refractivity contribution in [1.82, 2.24) is 15.0 Å². The zero-order valence-corrected chi connectivity index (χ0v) is 20.3. The Kier molecular flexibility index (Phi) is 5.45. The van der Waals surface area contributed by atoms with E-state index in [4.69, 9.17) is 10.8 Å². The van der Waals surface area contributed by atoms with E-state index < -0.39 is 0 Å². The molecule has 0 aliphatic carbocycles. The van der Waals surface area contributed by atoms with Gasteiger partial charge in [-0.3, -0.25) is 0 Å². The number of aromatic nitrogens is 3. The molecule has 3 aromatic carbocycles. The fourth-order valence-electron chi connectivity index (χ4n) is 3.51. The second-order valence-corrected chi connectivity index (χ2v) is 11.3. The molecular weight excluding hydrogens is 416 g/mol. The Morgan fingerprint density at radius 1 is 0.781 bits per heavy atom. The smallest absolute Gasteiger partial charge is 0.146 e. The van der Waals surface area contributed by atoms with Crippen LogP contribution in [-0.4, -0.2) is 20.1 Å². The van der Waals surface area contributed by atoms with Gasteiger partial charge in [-0.25, -0.2) is 0 Å². The highest BCUT2D eigenvalue weighted by atomic mass is 32.2. The first-order valence-corrected chi connectivity index (χ1v) is 11.5. The third-order valence-electron chi connectivity index (χ3n) is 5.45. The highest BCUT2D eigenvalue weighted by molar-refractivity contribution is 7.99. The lowest BCUT2D eigenvalue weighted by molar-refractivity contribution is 0.438. The molecule has 0 fully saturated rings.